The van der Waals surface area contributed by atoms with Crippen molar-refractivity contribution in [2.24, 2.45) is 11.5 Å². The summed E-state index contributed by atoms with van der Waals surface area (Å²) in [6, 6.07) is 2.14. The molecule has 1 aromatic heterocycles. The third kappa shape index (κ3) is 3.57. The van der Waals surface area contributed by atoms with Crippen molar-refractivity contribution in [3.05, 3.63) is 44.9 Å². The molecule has 8 heteroatoms. The Morgan fingerprint density at radius 2 is 1.62 bits per heavy atom. The van der Waals surface area contributed by atoms with Crippen LogP contribution in [-0.2, 0) is 0 Å². The van der Waals surface area contributed by atoms with Crippen LogP contribution in [0.15, 0.2) is 12.1 Å². The first kappa shape index (κ1) is 18.7. The van der Waals surface area contributed by atoms with Gasteiger partial charge in [-0.15, -0.1) is 0 Å². The SMILES string of the molecule is Cc1nc(F)c(Cl)c(Oc2cc(C(C)N)c(O)c(C(C)N)c2)c1Cl. The maximum Gasteiger partial charge on any atom is 0.235 e. The highest BCUT2D eigenvalue weighted by molar-refractivity contribution is 6.37. The van der Waals surface area contributed by atoms with Crippen molar-refractivity contribution in [3.63, 3.8) is 0 Å². The Bertz CT molecular complexity index is 727. The van der Waals surface area contributed by atoms with Crippen LogP contribution in [0, 0.1) is 12.9 Å². The lowest BCUT2D eigenvalue weighted by molar-refractivity contribution is 0.440. The Morgan fingerprint density at radius 3 is 2.08 bits per heavy atom. The third-order valence-corrected chi connectivity index (χ3v) is 4.28. The smallest absolute Gasteiger partial charge is 0.235 e. The van der Waals surface area contributed by atoms with E-state index in [2.05, 4.69) is 4.98 Å². The fourth-order valence-corrected chi connectivity index (χ4v) is 2.61. The number of ether oxygens (including phenoxy) is 1. The number of hydrogen-bond donors (Lipinski definition) is 3. The quantitative estimate of drug-likeness (QED) is 0.691. The Labute approximate surface area is 149 Å². The van der Waals surface area contributed by atoms with Crippen molar-refractivity contribution >= 4 is 23.2 Å². The summed E-state index contributed by atoms with van der Waals surface area (Å²) in [7, 11) is 0. The van der Waals surface area contributed by atoms with Crippen LogP contribution in [-0.4, -0.2) is 10.1 Å². The van der Waals surface area contributed by atoms with E-state index in [0.29, 0.717) is 11.1 Å². The molecule has 1 aromatic carbocycles. The van der Waals surface area contributed by atoms with E-state index in [1.165, 1.54) is 19.1 Å². The molecule has 2 aromatic rings. The first-order valence-corrected chi connectivity index (χ1v) is 7.96. The number of nitrogens with zero attached hydrogens (tertiary/aromatic N) is 1. The maximum atomic E-state index is 13.7. The van der Waals surface area contributed by atoms with Crippen molar-refractivity contribution < 1.29 is 14.2 Å². The summed E-state index contributed by atoms with van der Waals surface area (Å²) in [6.45, 7) is 4.95. The minimum absolute atomic E-state index is 0.00151. The first-order chi connectivity index (χ1) is 11.1. The molecule has 1 heterocycles. The highest BCUT2D eigenvalue weighted by atomic mass is 35.5. The van der Waals surface area contributed by atoms with Gasteiger partial charge in [-0.05, 0) is 32.9 Å². The molecule has 0 aliphatic rings. The lowest BCUT2D eigenvalue weighted by Crippen LogP contribution is -2.11. The standard InChI is InChI=1S/C16H18Cl2FN3O2/c1-6(20)10-4-9(5-11(7(2)21)14(10)23)24-15-12(17)8(3)22-16(19)13(15)18/h4-7,23H,20-21H2,1-3H3. The van der Waals surface area contributed by atoms with Crippen LogP contribution in [0.3, 0.4) is 0 Å². The monoisotopic (exact) mass is 373 g/mol. The zero-order valence-corrected chi connectivity index (χ0v) is 14.9. The van der Waals surface area contributed by atoms with Crippen molar-refractivity contribution in [1.29, 1.82) is 0 Å². The Morgan fingerprint density at radius 1 is 1.12 bits per heavy atom. The van der Waals surface area contributed by atoms with Crippen molar-refractivity contribution in [2.45, 2.75) is 32.9 Å². The molecule has 2 atom stereocenters. The fourth-order valence-electron chi connectivity index (χ4n) is 2.21. The van der Waals surface area contributed by atoms with Gasteiger partial charge >= 0.3 is 0 Å². The number of aromatic nitrogens is 1. The van der Waals surface area contributed by atoms with E-state index in [1.807, 2.05) is 0 Å². The molecule has 5 nitrogen and oxygen atoms in total. The highest BCUT2D eigenvalue weighted by Crippen LogP contribution is 2.41. The summed E-state index contributed by atoms with van der Waals surface area (Å²) in [5, 5.41) is 10.0. The van der Waals surface area contributed by atoms with Crippen molar-refractivity contribution in [2.75, 3.05) is 0 Å². The molecule has 5 N–H and O–H groups in total. The van der Waals surface area contributed by atoms with Gasteiger partial charge in [0.15, 0.2) is 5.75 Å². The van der Waals surface area contributed by atoms with Gasteiger partial charge in [0, 0.05) is 23.2 Å². The molecule has 130 valence electrons. The average molecular weight is 374 g/mol. The van der Waals surface area contributed by atoms with E-state index in [4.69, 9.17) is 39.4 Å². The van der Waals surface area contributed by atoms with Crippen molar-refractivity contribution in [1.82, 2.24) is 4.98 Å². The minimum Gasteiger partial charge on any atom is -0.507 e. The van der Waals surface area contributed by atoms with Gasteiger partial charge in [0.2, 0.25) is 5.95 Å². The van der Waals surface area contributed by atoms with E-state index in [-0.39, 0.29) is 33.0 Å². The number of aryl methyl sites for hydroxylation is 1. The number of rotatable bonds is 4. The molecule has 0 saturated carbocycles. The summed E-state index contributed by atoms with van der Waals surface area (Å²) in [4.78, 5) is 3.59. The zero-order valence-electron chi connectivity index (χ0n) is 13.4. The van der Waals surface area contributed by atoms with Gasteiger partial charge in [-0.25, -0.2) is 4.98 Å². The number of hydrogen-bond acceptors (Lipinski definition) is 5. The predicted octanol–water partition coefficient (Wildman–Crippen LogP) is 4.37. The molecule has 0 bridgehead atoms. The molecule has 2 rings (SSSR count). The van der Waals surface area contributed by atoms with Gasteiger partial charge in [-0.3, -0.25) is 0 Å². The second-order valence-corrected chi connectivity index (χ2v) is 6.33. The molecule has 0 fully saturated rings. The van der Waals surface area contributed by atoms with Crippen molar-refractivity contribution in [3.8, 4) is 17.2 Å². The van der Waals surface area contributed by atoms with Crippen LogP contribution in [0.2, 0.25) is 10.0 Å². The number of phenolic OH excluding ortho intramolecular Hbond substituents is 1. The molecule has 0 amide bonds. The second-order valence-electron chi connectivity index (χ2n) is 5.57. The lowest BCUT2D eigenvalue weighted by atomic mass is 9.99. The number of phenols is 1. The molecule has 2 unspecified atom stereocenters. The van der Waals surface area contributed by atoms with Gasteiger partial charge in [-0.1, -0.05) is 23.2 Å². The molecule has 24 heavy (non-hydrogen) atoms. The number of benzene rings is 1. The van der Waals surface area contributed by atoms with E-state index in [9.17, 15) is 9.50 Å². The van der Waals surface area contributed by atoms with Crippen LogP contribution in [0.5, 0.6) is 17.2 Å². The van der Waals surface area contributed by atoms with Crippen LogP contribution in [0.4, 0.5) is 4.39 Å². The van der Waals surface area contributed by atoms with E-state index < -0.39 is 18.0 Å². The van der Waals surface area contributed by atoms with Gasteiger partial charge in [0.25, 0.3) is 0 Å². The highest BCUT2D eigenvalue weighted by Gasteiger charge is 2.21. The molecular weight excluding hydrogens is 356 g/mol. The average Bonchev–Trinajstić information content (AvgIpc) is 2.50. The van der Waals surface area contributed by atoms with Crippen LogP contribution in [0.25, 0.3) is 0 Å². The number of nitrogens with two attached hydrogens (primary N) is 2. The molecule has 0 aliphatic heterocycles. The van der Waals surface area contributed by atoms with E-state index in [0.717, 1.165) is 0 Å². The molecule has 0 radical (unpaired) electrons. The van der Waals surface area contributed by atoms with Gasteiger partial charge in [0.05, 0.1) is 5.69 Å². The van der Waals surface area contributed by atoms with E-state index in [1.54, 1.807) is 13.8 Å². The van der Waals surface area contributed by atoms with Gasteiger partial charge < -0.3 is 21.3 Å². The Balaban J connectivity index is 2.59. The fraction of sp³-hybridized carbons (Fsp3) is 0.312. The predicted molar refractivity (Wildman–Crippen MR) is 92.3 cm³/mol. The maximum absolute atomic E-state index is 13.7. The lowest BCUT2D eigenvalue weighted by Gasteiger charge is -2.18. The number of pyridine rings is 1. The summed E-state index contributed by atoms with van der Waals surface area (Å²) in [6.07, 6.45) is 0. The largest absolute Gasteiger partial charge is 0.507 e. The summed E-state index contributed by atoms with van der Waals surface area (Å²) >= 11 is 12.0. The molecule has 0 aliphatic carbocycles. The first-order valence-electron chi connectivity index (χ1n) is 7.20. The Kier molecular flexibility index (Phi) is 5.55. The number of halogens is 3. The summed E-state index contributed by atoms with van der Waals surface area (Å²) in [5.74, 6) is -0.657. The molecule has 0 spiro atoms. The number of aromatic hydroxyl groups is 1. The topological polar surface area (TPSA) is 94.4 Å². The molecular formula is C16H18Cl2FN3O2. The normalized spacial score (nSPS) is 13.7. The molecule has 0 saturated heterocycles. The van der Waals surface area contributed by atoms with Gasteiger partial charge in [-0.2, -0.15) is 4.39 Å². The van der Waals surface area contributed by atoms with Crippen LogP contribution in [0.1, 0.15) is 42.8 Å². The van der Waals surface area contributed by atoms with E-state index >= 15 is 0 Å². The second kappa shape index (κ2) is 7.11. The van der Waals surface area contributed by atoms with Gasteiger partial charge in [0.1, 0.15) is 21.5 Å². The Hall–Kier alpha value is -1.60. The zero-order chi connectivity index (χ0) is 18.2. The minimum atomic E-state index is -0.882. The van der Waals surface area contributed by atoms with Crippen LogP contribution >= 0.6 is 23.2 Å². The summed E-state index contributed by atoms with van der Waals surface area (Å²) in [5.41, 5.74) is 12.9. The van der Waals surface area contributed by atoms with Crippen LogP contribution < -0.4 is 16.2 Å². The summed E-state index contributed by atoms with van der Waals surface area (Å²) < 4.78 is 19.4. The third-order valence-electron chi connectivity index (χ3n) is 3.51.